The Kier molecular flexibility index (Phi) is 5.16. The van der Waals surface area contributed by atoms with Gasteiger partial charge in [-0.15, -0.1) is 0 Å². The van der Waals surface area contributed by atoms with E-state index in [1.807, 2.05) is 29.1 Å². The van der Waals surface area contributed by atoms with Gasteiger partial charge in [-0.2, -0.15) is 5.10 Å². The maximum absolute atomic E-state index is 13.0. The van der Waals surface area contributed by atoms with Crippen LogP contribution in [-0.4, -0.2) is 35.9 Å². The molecule has 1 saturated heterocycles. The summed E-state index contributed by atoms with van der Waals surface area (Å²) in [6.45, 7) is 1.98. The van der Waals surface area contributed by atoms with E-state index in [9.17, 15) is 4.79 Å². The molecule has 2 heterocycles. The molecule has 1 amide bonds. The molecule has 2 aliphatic rings. The van der Waals surface area contributed by atoms with E-state index in [0.717, 1.165) is 62.9 Å². The van der Waals surface area contributed by atoms with Crippen LogP contribution in [0.15, 0.2) is 36.5 Å². The summed E-state index contributed by atoms with van der Waals surface area (Å²) in [4.78, 5) is 13.0. The molecule has 0 bridgehead atoms. The first-order valence-corrected chi connectivity index (χ1v) is 9.93. The van der Waals surface area contributed by atoms with Gasteiger partial charge in [0.2, 0.25) is 0 Å². The second-order valence-corrected chi connectivity index (χ2v) is 7.65. The Bertz CT molecular complexity index is 772. The van der Waals surface area contributed by atoms with Gasteiger partial charge in [0, 0.05) is 12.7 Å². The number of benzene rings is 1. The van der Waals surface area contributed by atoms with E-state index in [2.05, 4.69) is 27.9 Å². The minimum atomic E-state index is -0.306. The summed E-state index contributed by atoms with van der Waals surface area (Å²) in [5.41, 5.74) is 1.34. The summed E-state index contributed by atoms with van der Waals surface area (Å²) in [7, 11) is 1.67. The first kappa shape index (κ1) is 18.0. The first-order chi connectivity index (χ1) is 13.2. The lowest BCUT2D eigenvalue weighted by Gasteiger charge is -2.31. The summed E-state index contributed by atoms with van der Waals surface area (Å²) >= 11 is 0. The van der Waals surface area contributed by atoms with Gasteiger partial charge in [0.25, 0.3) is 5.91 Å². The summed E-state index contributed by atoms with van der Waals surface area (Å²) in [6.07, 6.45) is 8.33. The number of aromatic nitrogens is 2. The molecule has 144 valence electrons. The lowest BCUT2D eigenvalue weighted by Crippen LogP contribution is -2.44. The highest BCUT2D eigenvalue weighted by molar-refractivity contribution is 5.92. The van der Waals surface area contributed by atoms with Crippen LogP contribution in [0.5, 0.6) is 5.75 Å². The van der Waals surface area contributed by atoms with Crippen LogP contribution < -0.4 is 15.4 Å². The molecule has 4 rings (SSSR count). The summed E-state index contributed by atoms with van der Waals surface area (Å²) < 4.78 is 7.21. The molecule has 1 aromatic carbocycles. The Labute approximate surface area is 160 Å². The summed E-state index contributed by atoms with van der Waals surface area (Å²) in [6, 6.07) is 10.2. The molecule has 6 heteroatoms. The zero-order chi connectivity index (χ0) is 18.7. The molecule has 1 saturated carbocycles. The topological polar surface area (TPSA) is 68.2 Å². The van der Waals surface area contributed by atoms with Gasteiger partial charge in [0.1, 0.15) is 11.4 Å². The van der Waals surface area contributed by atoms with Crippen molar-refractivity contribution < 1.29 is 9.53 Å². The highest BCUT2D eigenvalue weighted by atomic mass is 16.5. The van der Waals surface area contributed by atoms with Crippen molar-refractivity contribution in [3.8, 4) is 5.75 Å². The van der Waals surface area contributed by atoms with Gasteiger partial charge in [-0.05, 0) is 56.0 Å². The minimum absolute atomic E-state index is 0.0877. The smallest absolute Gasteiger partial charge is 0.272 e. The second kappa shape index (κ2) is 7.72. The van der Waals surface area contributed by atoms with E-state index in [1.54, 1.807) is 7.11 Å². The number of ether oxygens (including phenoxy) is 1. The third-order valence-electron chi connectivity index (χ3n) is 5.94. The van der Waals surface area contributed by atoms with Gasteiger partial charge in [-0.1, -0.05) is 25.0 Å². The van der Waals surface area contributed by atoms with Gasteiger partial charge < -0.3 is 15.4 Å². The Morgan fingerprint density at radius 1 is 1.22 bits per heavy atom. The minimum Gasteiger partial charge on any atom is -0.497 e. The first-order valence-electron chi connectivity index (χ1n) is 9.93. The maximum Gasteiger partial charge on any atom is 0.272 e. The number of carbonyl (C=O) groups excluding carboxylic acids is 1. The van der Waals surface area contributed by atoms with Crippen molar-refractivity contribution in [3.05, 3.63) is 47.8 Å². The zero-order valence-electron chi connectivity index (χ0n) is 15.9. The maximum atomic E-state index is 13.0. The van der Waals surface area contributed by atoms with E-state index < -0.39 is 0 Å². The fraction of sp³-hybridized carbons (Fsp3) is 0.524. The molecule has 2 fully saturated rings. The average Bonchev–Trinajstić information content (AvgIpc) is 3.39. The summed E-state index contributed by atoms with van der Waals surface area (Å²) in [5.74, 6) is 0.744. The lowest BCUT2D eigenvalue weighted by molar-refractivity contribution is 0.0891. The Morgan fingerprint density at radius 2 is 2.00 bits per heavy atom. The van der Waals surface area contributed by atoms with E-state index in [1.165, 1.54) is 0 Å². The fourth-order valence-corrected chi connectivity index (χ4v) is 4.38. The SMILES string of the molecule is COc1ccc(C2(NC(=O)c3ccn(C4CCCNC4)n3)CCCC2)cc1. The predicted molar refractivity (Wildman–Crippen MR) is 104 cm³/mol. The normalized spacial score (nSPS) is 21.7. The van der Waals surface area contributed by atoms with Gasteiger partial charge in [-0.25, -0.2) is 0 Å². The molecule has 6 nitrogen and oxygen atoms in total. The number of rotatable bonds is 5. The lowest BCUT2D eigenvalue weighted by atomic mass is 9.88. The monoisotopic (exact) mass is 368 g/mol. The number of hydrogen-bond donors (Lipinski definition) is 2. The number of amides is 1. The Balaban J connectivity index is 1.51. The molecule has 1 atom stereocenters. The molecule has 1 unspecified atom stereocenters. The van der Waals surface area contributed by atoms with Crippen LogP contribution in [0.25, 0.3) is 0 Å². The Hall–Kier alpha value is -2.34. The molecule has 1 aromatic heterocycles. The predicted octanol–water partition coefficient (Wildman–Crippen LogP) is 3.02. The van der Waals surface area contributed by atoms with Crippen molar-refractivity contribution in [2.75, 3.05) is 20.2 Å². The van der Waals surface area contributed by atoms with Crippen LogP contribution in [0.3, 0.4) is 0 Å². The van der Waals surface area contributed by atoms with Crippen molar-refractivity contribution in [1.82, 2.24) is 20.4 Å². The largest absolute Gasteiger partial charge is 0.497 e. The van der Waals surface area contributed by atoms with E-state index in [0.29, 0.717) is 11.7 Å². The molecular weight excluding hydrogens is 340 g/mol. The van der Waals surface area contributed by atoms with Crippen LogP contribution in [0.2, 0.25) is 0 Å². The number of piperidine rings is 1. The number of nitrogens with zero attached hydrogens (tertiary/aromatic N) is 2. The number of hydrogen-bond acceptors (Lipinski definition) is 4. The Morgan fingerprint density at radius 3 is 2.67 bits per heavy atom. The molecule has 27 heavy (non-hydrogen) atoms. The fourth-order valence-electron chi connectivity index (χ4n) is 4.38. The van der Waals surface area contributed by atoms with Gasteiger partial charge in [0.15, 0.2) is 0 Å². The van der Waals surface area contributed by atoms with Crippen molar-refractivity contribution in [2.24, 2.45) is 0 Å². The highest BCUT2D eigenvalue weighted by Crippen LogP contribution is 2.39. The standard InChI is InChI=1S/C21H28N4O2/c1-27-18-8-6-16(7-9-18)21(11-2-3-12-21)23-20(26)19-10-14-25(24-19)17-5-4-13-22-15-17/h6-10,14,17,22H,2-5,11-13,15H2,1H3,(H,23,26). The number of nitrogens with one attached hydrogen (secondary N) is 2. The van der Waals surface area contributed by atoms with Gasteiger partial charge in [-0.3, -0.25) is 9.48 Å². The van der Waals surface area contributed by atoms with Crippen molar-refractivity contribution in [2.45, 2.75) is 50.1 Å². The third-order valence-corrected chi connectivity index (χ3v) is 5.94. The van der Waals surface area contributed by atoms with Crippen LogP contribution in [0.1, 0.15) is 60.6 Å². The van der Waals surface area contributed by atoms with Crippen LogP contribution in [-0.2, 0) is 5.54 Å². The van der Waals surface area contributed by atoms with E-state index in [4.69, 9.17) is 4.74 Å². The average molecular weight is 368 g/mol. The molecule has 2 N–H and O–H groups in total. The molecule has 1 aliphatic carbocycles. The highest BCUT2D eigenvalue weighted by Gasteiger charge is 2.37. The second-order valence-electron chi connectivity index (χ2n) is 7.65. The number of methoxy groups -OCH3 is 1. The van der Waals surface area contributed by atoms with Gasteiger partial charge >= 0.3 is 0 Å². The molecule has 2 aromatic rings. The molecule has 0 radical (unpaired) electrons. The molecule has 1 aliphatic heterocycles. The number of carbonyl (C=O) groups is 1. The van der Waals surface area contributed by atoms with Crippen LogP contribution in [0.4, 0.5) is 0 Å². The van der Waals surface area contributed by atoms with E-state index in [-0.39, 0.29) is 11.4 Å². The van der Waals surface area contributed by atoms with Crippen LogP contribution >= 0.6 is 0 Å². The third kappa shape index (κ3) is 3.72. The zero-order valence-corrected chi connectivity index (χ0v) is 15.9. The molecular formula is C21H28N4O2. The van der Waals surface area contributed by atoms with Gasteiger partial charge in [0.05, 0.1) is 18.7 Å². The van der Waals surface area contributed by atoms with E-state index >= 15 is 0 Å². The van der Waals surface area contributed by atoms with Crippen molar-refractivity contribution in [3.63, 3.8) is 0 Å². The van der Waals surface area contributed by atoms with Crippen molar-refractivity contribution in [1.29, 1.82) is 0 Å². The quantitative estimate of drug-likeness (QED) is 0.851. The van der Waals surface area contributed by atoms with Crippen molar-refractivity contribution >= 4 is 5.91 Å². The summed E-state index contributed by atoms with van der Waals surface area (Å²) in [5, 5.41) is 11.3. The molecule has 0 spiro atoms. The van der Waals surface area contributed by atoms with Crippen LogP contribution in [0, 0.1) is 0 Å².